The lowest BCUT2D eigenvalue weighted by atomic mass is 10.2. The first kappa shape index (κ1) is 23.7. The quantitative estimate of drug-likeness (QED) is 0.280. The molecule has 162 valence electrons. The van der Waals surface area contributed by atoms with Crippen molar-refractivity contribution in [2.24, 2.45) is 5.73 Å². The van der Waals surface area contributed by atoms with Crippen LogP contribution in [0.3, 0.4) is 0 Å². The van der Waals surface area contributed by atoms with Gasteiger partial charge in [0.05, 0.1) is 17.3 Å². The third-order valence-electron chi connectivity index (χ3n) is 3.98. The Morgan fingerprint density at radius 2 is 2.07 bits per heavy atom. The molecule has 2 aromatic rings. The first-order valence-corrected chi connectivity index (χ1v) is 11.6. The molecule has 0 aliphatic heterocycles. The molecule has 0 aliphatic carbocycles. The zero-order valence-corrected chi connectivity index (χ0v) is 18.0. The number of aromatic nitrogens is 2. The number of rotatable bonds is 13. The van der Waals surface area contributed by atoms with Crippen LogP contribution in [-0.2, 0) is 10.0 Å². The van der Waals surface area contributed by atoms with E-state index in [0.717, 1.165) is 36.5 Å². The van der Waals surface area contributed by atoms with Crippen LogP contribution in [0.25, 0.3) is 0 Å². The van der Waals surface area contributed by atoms with Crippen LogP contribution in [0.4, 0.5) is 15.2 Å². The summed E-state index contributed by atoms with van der Waals surface area (Å²) in [6, 6.07) is 2.10. The number of nitrogens with two attached hydrogens (primary N) is 1. The number of benzene rings is 1. The second-order valence-electron chi connectivity index (χ2n) is 6.16. The van der Waals surface area contributed by atoms with E-state index >= 15 is 0 Å². The topological polar surface area (TPSA) is 142 Å². The number of sulfonamides is 1. The summed E-state index contributed by atoms with van der Waals surface area (Å²) in [7, 11) is -4.17. The van der Waals surface area contributed by atoms with E-state index in [2.05, 4.69) is 24.7 Å². The molecular weight excluding hydrogens is 443 g/mol. The van der Waals surface area contributed by atoms with Crippen LogP contribution in [-0.4, -0.2) is 55.2 Å². The fourth-order valence-corrected chi connectivity index (χ4v) is 4.54. The predicted octanol–water partition coefficient (Wildman–Crippen LogP) is 1.62. The van der Waals surface area contributed by atoms with Crippen molar-refractivity contribution < 1.29 is 17.9 Å². The summed E-state index contributed by atoms with van der Waals surface area (Å²) in [6.07, 6.45) is 3.49. The van der Waals surface area contributed by atoms with E-state index in [0.29, 0.717) is 31.7 Å². The van der Waals surface area contributed by atoms with Gasteiger partial charge in [0.15, 0.2) is 0 Å². The van der Waals surface area contributed by atoms with Gasteiger partial charge in [0.1, 0.15) is 17.0 Å². The van der Waals surface area contributed by atoms with Crippen molar-refractivity contribution in [1.29, 1.82) is 0 Å². The van der Waals surface area contributed by atoms with E-state index in [4.69, 9.17) is 17.3 Å². The zero-order valence-electron chi connectivity index (χ0n) is 15.6. The molecule has 0 aliphatic rings. The van der Waals surface area contributed by atoms with Crippen molar-refractivity contribution in [3.8, 4) is 0 Å². The number of hydrogen-bond acceptors (Lipinski definition) is 9. The second kappa shape index (κ2) is 11.6. The number of halogens is 2. The van der Waals surface area contributed by atoms with E-state index in [1.54, 1.807) is 0 Å². The van der Waals surface area contributed by atoms with Crippen molar-refractivity contribution in [3.63, 3.8) is 0 Å². The van der Waals surface area contributed by atoms with Gasteiger partial charge in [0, 0.05) is 24.1 Å². The molecule has 2 rings (SSSR count). The van der Waals surface area contributed by atoms with Crippen LogP contribution in [0.1, 0.15) is 19.3 Å². The monoisotopic (exact) mass is 466 g/mol. The van der Waals surface area contributed by atoms with Crippen LogP contribution in [0.2, 0.25) is 5.02 Å². The molecule has 29 heavy (non-hydrogen) atoms. The molecule has 0 saturated heterocycles. The highest BCUT2D eigenvalue weighted by Crippen LogP contribution is 2.29. The molecule has 1 aromatic heterocycles. The van der Waals surface area contributed by atoms with Gasteiger partial charge in [-0.05, 0) is 44.5 Å². The number of aliphatic hydroxyl groups excluding tert-OH is 1. The highest BCUT2D eigenvalue weighted by molar-refractivity contribution is 7.93. The lowest BCUT2D eigenvalue weighted by Crippen LogP contribution is -2.35. The van der Waals surface area contributed by atoms with E-state index in [-0.39, 0.29) is 22.8 Å². The van der Waals surface area contributed by atoms with Crippen LogP contribution >= 0.6 is 23.1 Å². The van der Waals surface area contributed by atoms with Crippen LogP contribution in [0, 0.1) is 5.82 Å². The highest BCUT2D eigenvalue weighted by atomic mass is 35.5. The summed E-state index contributed by atoms with van der Waals surface area (Å²) < 4.78 is 44.9. The molecule has 9 nitrogen and oxygen atoms in total. The molecule has 0 fully saturated rings. The normalized spacial score (nSPS) is 12.7. The van der Waals surface area contributed by atoms with Gasteiger partial charge in [-0.1, -0.05) is 11.6 Å². The van der Waals surface area contributed by atoms with Gasteiger partial charge in [-0.2, -0.15) is 4.37 Å². The number of aliphatic hydroxyl groups is 1. The minimum Gasteiger partial charge on any atom is -0.395 e. The van der Waals surface area contributed by atoms with Crippen LogP contribution in [0.15, 0.2) is 23.4 Å². The molecule has 1 aromatic carbocycles. The van der Waals surface area contributed by atoms with Gasteiger partial charge in [0.25, 0.3) is 10.0 Å². The van der Waals surface area contributed by atoms with Crippen LogP contribution < -0.4 is 21.1 Å². The number of nitrogens with one attached hydrogen (secondary N) is 3. The van der Waals surface area contributed by atoms with E-state index in [1.807, 2.05) is 0 Å². The van der Waals surface area contributed by atoms with Crippen molar-refractivity contribution in [2.45, 2.75) is 30.2 Å². The van der Waals surface area contributed by atoms with Gasteiger partial charge in [-0.3, -0.25) is 4.72 Å². The summed E-state index contributed by atoms with van der Waals surface area (Å²) in [5.41, 5.74) is 5.78. The maximum atomic E-state index is 14.4. The van der Waals surface area contributed by atoms with E-state index < -0.39 is 20.7 Å². The van der Waals surface area contributed by atoms with Crippen molar-refractivity contribution in [2.75, 3.05) is 36.3 Å². The molecule has 0 saturated carbocycles. The maximum absolute atomic E-state index is 14.4. The summed E-state index contributed by atoms with van der Waals surface area (Å²) in [6.45, 7) is 1.78. The average molecular weight is 467 g/mol. The number of nitrogens with zero attached hydrogens (tertiary/aromatic N) is 2. The summed E-state index contributed by atoms with van der Waals surface area (Å²) >= 11 is 6.96. The Kier molecular flexibility index (Phi) is 9.46. The first-order chi connectivity index (χ1) is 13.9. The highest BCUT2D eigenvalue weighted by Gasteiger charge is 2.22. The zero-order chi connectivity index (χ0) is 21.3. The number of unbranched alkanes of at least 4 members (excludes halogenated alkanes) is 1. The third kappa shape index (κ3) is 7.32. The average Bonchev–Trinajstić information content (AvgIpc) is 3.17. The summed E-state index contributed by atoms with van der Waals surface area (Å²) in [4.78, 5) is 3.14. The van der Waals surface area contributed by atoms with Gasteiger partial charge in [0.2, 0.25) is 5.13 Å². The van der Waals surface area contributed by atoms with Gasteiger partial charge in [-0.25, -0.2) is 17.8 Å². The second-order valence-corrected chi connectivity index (χ2v) is 9.00. The van der Waals surface area contributed by atoms with Crippen molar-refractivity contribution in [3.05, 3.63) is 29.3 Å². The molecule has 0 amide bonds. The molecule has 1 unspecified atom stereocenters. The Balaban J connectivity index is 1.87. The molecule has 1 heterocycles. The lowest BCUT2D eigenvalue weighted by Gasteiger charge is -2.15. The fourth-order valence-electron chi connectivity index (χ4n) is 2.50. The smallest absolute Gasteiger partial charge is 0.266 e. The lowest BCUT2D eigenvalue weighted by molar-refractivity contribution is 0.237. The Labute approximate surface area is 178 Å². The molecule has 0 radical (unpaired) electrons. The molecule has 0 spiro atoms. The van der Waals surface area contributed by atoms with Crippen molar-refractivity contribution >= 4 is 44.0 Å². The summed E-state index contributed by atoms with van der Waals surface area (Å²) in [5.74, 6) is -0.928. The first-order valence-electron chi connectivity index (χ1n) is 8.94. The number of hydrogen-bond donors (Lipinski definition) is 5. The fraction of sp³-hybridized carbons (Fsp3) is 0.500. The Bertz CT molecular complexity index is 870. The molecule has 13 heteroatoms. The Morgan fingerprint density at radius 3 is 2.72 bits per heavy atom. The minimum absolute atomic E-state index is 0.0141. The molecule has 6 N–H and O–H groups in total. The Hall–Kier alpha value is -1.57. The molecule has 0 bridgehead atoms. The SMILES string of the molecule is NCCC(CO)NCCCCNc1cc(F)c(S(=O)(=O)Nc2ncns2)cc1Cl. The van der Waals surface area contributed by atoms with Crippen LogP contribution in [0.5, 0.6) is 0 Å². The van der Waals surface area contributed by atoms with Gasteiger partial charge < -0.3 is 21.5 Å². The molecule has 1 atom stereocenters. The third-order valence-corrected chi connectivity index (χ3v) is 6.36. The Morgan fingerprint density at radius 1 is 1.31 bits per heavy atom. The van der Waals surface area contributed by atoms with E-state index in [1.165, 1.54) is 6.33 Å². The van der Waals surface area contributed by atoms with Gasteiger partial charge >= 0.3 is 0 Å². The standard InChI is InChI=1S/C16H24ClFN6O3S2/c17-12-7-15(29(26,27)24-16-22-10-23-28-16)13(18)8-14(12)21-6-2-1-5-20-11(9-25)3-4-19/h7-8,10-11,20-21,25H,1-6,9,19H2,(H,22,23,24). The predicted molar refractivity (Wildman–Crippen MR) is 112 cm³/mol. The minimum atomic E-state index is -4.17. The summed E-state index contributed by atoms with van der Waals surface area (Å²) in [5, 5.41) is 15.5. The number of anilines is 2. The largest absolute Gasteiger partial charge is 0.395 e. The molecular formula is C16H24ClFN6O3S2. The van der Waals surface area contributed by atoms with E-state index in [9.17, 15) is 17.9 Å². The van der Waals surface area contributed by atoms with Gasteiger partial charge in [-0.15, -0.1) is 0 Å². The maximum Gasteiger partial charge on any atom is 0.266 e. The van der Waals surface area contributed by atoms with Crippen molar-refractivity contribution in [1.82, 2.24) is 14.7 Å².